The topological polar surface area (TPSA) is 61.5 Å². The molecule has 2 N–H and O–H groups in total. The van der Waals surface area contributed by atoms with E-state index in [2.05, 4.69) is 0 Å². The van der Waals surface area contributed by atoms with E-state index < -0.39 is 11.8 Å². The number of benzene rings is 1. The first-order valence-electron chi connectivity index (χ1n) is 7.38. The molecule has 1 unspecified atom stereocenters. The number of nitrogens with two attached hydrogens (primary N) is 1. The van der Waals surface area contributed by atoms with Crippen LogP contribution in [-0.4, -0.2) is 25.2 Å². The lowest BCUT2D eigenvalue weighted by molar-refractivity contribution is -0.146. The van der Waals surface area contributed by atoms with Crippen LogP contribution in [-0.2, 0) is 16.0 Å². The molecule has 1 aromatic rings. The van der Waals surface area contributed by atoms with Gasteiger partial charge in [0.25, 0.3) is 0 Å². The lowest BCUT2D eigenvalue weighted by Gasteiger charge is -2.11. The number of unbranched alkanes of at least 4 members (excludes halogenated alkanes) is 1. The summed E-state index contributed by atoms with van der Waals surface area (Å²) in [5, 5.41) is 0. The average molecular weight is 297 g/mol. The molecule has 0 heterocycles. The number of ether oxygens (including phenoxy) is 2. The number of halogens is 1. The molecule has 0 spiro atoms. The standard InChI is InChI=1S/C16H24FNO3/c1-3-5-6-20-16(19)11-21-15-9-12(7-13(17)10-15)8-14(18)4-2/h7,9-10,14H,3-6,8,11,18H2,1-2H3. The second-order valence-electron chi connectivity index (χ2n) is 5.03. The number of hydrogen-bond acceptors (Lipinski definition) is 4. The lowest BCUT2D eigenvalue weighted by atomic mass is 10.0. The molecule has 1 aromatic carbocycles. The van der Waals surface area contributed by atoms with Gasteiger partial charge in [0.2, 0.25) is 0 Å². The molecule has 1 atom stereocenters. The van der Waals surface area contributed by atoms with E-state index in [0.29, 0.717) is 18.8 Å². The predicted molar refractivity (Wildman–Crippen MR) is 79.7 cm³/mol. The summed E-state index contributed by atoms with van der Waals surface area (Å²) in [6, 6.07) is 4.37. The van der Waals surface area contributed by atoms with Gasteiger partial charge in [0.05, 0.1) is 6.61 Å². The zero-order valence-corrected chi connectivity index (χ0v) is 12.7. The van der Waals surface area contributed by atoms with Crippen molar-refractivity contribution in [3.63, 3.8) is 0 Å². The summed E-state index contributed by atoms with van der Waals surface area (Å²) in [6.45, 7) is 4.16. The van der Waals surface area contributed by atoms with Gasteiger partial charge in [-0.2, -0.15) is 0 Å². The molecule has 0 radical (unpaired) electrons. The van der Waals surface area contributed by atoms with E-state index in [9.17, 15) is 9.18 Å². The largest absolute Gasteiger partial charge is 0.482 e. The number of carbonyl (C=O) groups is 1. The third-order valence-electron chi connectivity index (χ3n) is 3.07. The highest BCUT2D eigenvalue weighted by Gasteiger charge is 2.08. The minimum atomic E-state index is -0.445. The Labute approximate surface area is 125 Å². The fourth-order valence-electron chi connectivity index (χ4n) is 1.78. The molecule has 5 heteroatoms. The molecule has 4 nitrogen and oxygen atoms in total. The van der Waals surface area contributed by atoms with Crippen LogP contribution in [0.1, 0.15) is 38.7 Å². The van der Waals surface area contributed by atoms with Crippen LogP contribution in [0.5, 0.6) is 5.75 Å². The minimum absolute atomic E-state index is 0.0151. The van der Waals surface area contributed by atoms with Gasteiger partial charge in [0.15, 0.2) is 6.61 Å². The Kier molecular flexibility index (Phi) is 7.75. The summed E-state index contributed by atoms with van der Waals surface area (Å²) in [5.74, 6) is -0.523. The van der Waals surface area contributed by atoms with Gasteiger partial charge in [-0.25, -0.2) is 9.18 Å². The van der Waals surface area contributed by atoms with Crippen LogP contribution >= 0.6 is 0 Å². The van der Waals surface area contributed by atoms with Crippen molar-refractivity contribution in [1.82, 2.24) is 0 Å². The summed E-state index contributed by atoms with van der Waals surface area (Å²) < 4.78 is 23.8. The fraction of sp³-hybridized carbons (Fsp3) is 0.562. The smallest absolute Gasteiger partial charge is 0.344 e. The molecule has 21 heavy (non-hydrogen) atoms. The van der Waals surface area contributed by atoms with Gasteiger partial charge < -0.3 is 15.2 Å². The van der Waals surface area contributed by atoms with Crippen LogP contribution in [0.15, 0.2) is 18.2 Å². The SMILES string of the molecule is CCCCOC(=O)COc1cc(F)cc(CC(N)CC)c1. The van der Waals surface area contributed by atoms with Crippen molar-refractivity contribution in [2.45, 2.75) is 45.6 Å². The first kappa shape index (κ1) is 17.4. The van der Waals surface area contributed by atoms with Gasteiger partial charge in [-0.1, -0.05) is 20.3 Å². The van der Waals surface area contributed by atoms with Crippen LogP contribution in [0.25, 0.3) is 0 Å². The third kappa shape index (κ3) is 7.09. The third-order valence-corrected chi connectivity index (χ3v) is 3.07. The monoisotopic (exact) mass is 297 g/mol. The Balaban J connectivity index is 2.52. The van der Waals surface area contributed by atoms with Crippen molar-refractivity contribution in [2.24, 2.45) is 5.73 Å². The van der Waals surface area contributed by atoms with Gasteiger partial charge >= 0.3 is 5.97 Å². The number of hydrogen-bond donors (Lipinski definition) is 1. The van der Waals surface area contributed by atoms with Crippen molar-refractivity contribution in [1.29, 1.82) is 0 Å². The first-order chi connectivity index (χ1) is 10.0. The summed E-state index contributed by atoms with van der Waals surface area (Å²) in [6.07, 6.45) is 3.17. The molecule has 0 saturated carbocycles. The van der Waals surface area contributed by atoms with E-state index in [1.807, 2.05) is 13.8 Å². The summed E-state index contributed by atoms with van der Waals surface area (Å²) in [7, 11) is 0. The Morgan fingerprint density at radius 2 is 2.10 bits per heavy atom. The molecule has 0 bridgehead atoms. The van der Waals surface area contributed by atoms with E-state index in [0.717, 1.165) is 24.8 Å². The predicted octanol–water partition coefficient (Wildman–Crippen LogP) is 2.83. The molecule has 0 aliphatic rings. The second kappa shape index (κ2) is 9.34. The van der Waals surface area contributed by atoms with Crippen molar-refractivity contribution >= 4 is 5.97 Å². The summed E-state index contributed by atoms with van der Waals surface area (Å²) in [4.78, 5) is 11.4. The van der Waals surface area contributed by atoms with Crippen LogP contribution in [0.2, 0.25) is 0 Å². The van der Waals surface area contributed by atoms with Crippen LogP contribution in [0.4, 0.5) is 4.39 Å². The number of esters is 1. The molecule has 118 valence electrons. The van der Waals surface area contributed by atoms with Gasteiger partial charge in [0, 0.05) is 12.1 Å². The van der Waals surface area contributed by atoms with E-state index >= 15 is 0 Å². The molecule has 0 aromatic heterocycles. The molecule has 0 aliphatic carbocycles. The van der Waals surface area contributed by atoms with Gasteiger partial charge in [-0.05, 0) is 37.0 Å². The molecular formula is C16H24FNO3. The van der Waals surface area contributed by atoms with Gasteiger partial charge in [-0.15, -0.1) is 0 Å². The highest BCUT2D eigenvalue weighted by Crippen LogP contribution is 2.18. The van der Waals surface area contributed by atoms with Crippen LogP contribution in [0.3, 0.4) is 0 Å². The zero-order valence-electron chi connectivity index (χ0n) is 12.7. The van der Waals surface area contributed by atoms with Crippen molar-refractivity contribution in [3.8, 4) is 5.75 Å². The first-order valence-corrected chi connectivity index (χ1v) is 7.38. The van der Waals surface area contributed by atoms with E-state index in [-0.39, 0.29) is 12.6 Å². The quantitative estimate of drug-likeness (QED) is 0.562. The number of rotatable bonds is 9. The van der Waals surface area contributed by atoms with Crippen molar-refractivity contribution < 1.29 is 18.7 Å². The molecule has 0 saturated heterocycles. The molecule has 0 amide bonds. The Morgan fingerprint density at radius 3 is 2.76 bits per heavy atom. The maximum Gasteiger partial charge on any atom is 0.344 e. The summed E-state index contributed by atoms with van der Waals surface area (Å²) in [5.41, 5.74) is 6.62. The van der Waals surface area contributed by atoms with E-state index in [1.54, 1.807) is 6.07 Å². The van der Waals surface area contributed by atoms with Gasteiger partial charge in [-0.3, -0.25) is 0 Å². The van der Waals surface area contributed by atoms with Crippen molar-refractivity contribution in [3.05, 3.63) is 29.6 Å². The summed E-state index contributed by atoms with van der Waals surface area (Å²) >= 11 is 0. The molecular weight excluding hydrogens is 273 g/mol. The minimum Gasteiger partial charge on any atom is -0.482 e. The Hall–Kier alpha value is -1.62. The Bertz CT molecular complexity index is 451. The highest BCUT2D eigenvalue weighted by molar-refractivity contribution is 5.71. The molecule has 0 fully saturated rings. The maximum atomic E-state index is 13.5. The van der Waals surface area contributed by atoms with Crippen molar-refractivity contribution in [2.75, 3.05) is 13.2 Å². The average Bonchev–Trinajstić information content (AvgIpc) is 2.44. The molecule has 0 aliphatic heterocycles. The zero-order chi connectivity index (χ0) is 15.7. The fourth-order valence-corrected chi connectivity index (χ4v) is 1.78. The van der Waals surface area contributed by atoms with Crippen LogP contribution in [0, 0.1) is 5.82 Å². The van der Waals surface area contributed by atoms with E-state index in [4.69, 9.17) is 15.2 Å². The van der Waals surface area contributed by atoms with E-state index in [1.165, 1.54) is 12.1 Å². The Morgan fingerprint density at radius 1 is 1.33 bits per heavy atom. The number of carbonyl (C=O) groups excluding carboxylic acids is 1. The maximum absolute atomic E-state index is 13.5. The van der Waals surface area contributed by atoms with Crippen LogP contribution < -0.4 is 10.5 Å². The lowest BCUT2D eigenvalue weighted by Crippen LogP contribution is -2.21. The molecule has 1 rings (SSSR count). The van der Waals surface area contributed by atoms with Gasteiger partial charge in [0.1, 0.15) is 11.6 Å². The second-order valence-corrected chi connectivity index (χ2v) is 5.03. The normalized spacial score (nSPS) is 12.0. The highest BCUT2D eigenvalue weighted by atomic mass is 19.1.